The number of nitriles is 1. The molecule has 0 atom stereocenters. The highest BCUT2D eigenvalue weighted by Crippen LogP contribution is 2.21. The molecule has 0 aliphatic heterocycles. The molecule has 0 saturated carbocycles. The fraction of sp³-hybridized carbons (Fsp3) is 0.222. The van der Waals surface area contributed by atoms with Crippen LogP contribution in [0.1, 0.15) is 17.7 Å². The molecule has 0 aliphatic carbocycles. The van der Waals surface area contributed by atoms with E-state index in [1.165, 1.54) is 5.56 Å². The summed E-state index contributed by atoms with van der Waals surface area (Å²) in [6.45, 7) is 3.22. The molecule has 2 aromatic heterocycles. The molecule has 0 fully saturated rings. The summed E-state index contributed by atoms with van der Waals surface area (Å²) < 4.78 is 7.48. The van der Waals surface area contributed by atoms with Gasteiger partial charge in [-0.05, 0) is 36.8 Å². The summed E-state index contributed by atoms with van der Waals surface area (Å²) in [5.41, 5.74) is 3.00. The van der Waals surface area contributed by atoms with Gasteiger partial charge >= 0.3 is 0 Å². The van der Waals surface area contributed by atoms with Gasteiger partial charge < -0.3 is 4.74 Å². The second-order valence-electron chi connectivity index (χ2n) is 5.38. The van der Waals surface area contributed by atoms with Gasteiger partial charge in [-0.2, -0.15) is 5.26 Å². The maximum atomic E-state index is 9.23. The van der Waals surface area contributed by atoms with Gasteiger partial charge in [0.25, 0.3) is 0 Å². The van der Waals surface area contributed by atoms with Gasteiger partial charge in [0.2, 0.25) is 0 Å². The normalized spacial score (nSPS) is 10.3. The molecular formula is C18H17N5O. The summed E-state index contributed by atoms with van der Waals surface area (Å²) >= 11 is 0. The molecule has 0 bridgehead atoms. The van der Waals surface area contributed by atoms with Crippen molar-refractivity contribution in [1.29, 1.82) is 5.26 Å². The molecule has 0 unspecified atom stereocenters. The number of benzene rings is 1. The highest BCUT2D eigenvalue weighted by Gasteiger charge is 2.14. The van der Waals surface area contributed by atoms with E-state index < -0.39 is 0 Å². The lowest BCUT2D eigenvalue weighted by Gasteiger charge is -2.08. The Morgan fingerprint density at radius 2 is 2.17 bits per heavy atom. The zero-order valence-corrected chi connectivity index (χ0v) is 13.4. The van der Waals surface area contributed by atoms with Gasteiger partial charge in [-0.25, -0.2) is 4.68 Å². The van der Waals surface area contributed by atoms with Crippen molar-refractivity contribution in [2.24, 2.45) is 0 Å². The van der Waals surface area contributed by atoms with Crippen LogP contribution in [0.4, 0.5) is 0 Å². The highest BCUT2D eigenvalue weighted by atomic mass is 16.5. The van der Waals surface area contributed by atoms with E-state index in [9.17, 15) is 5.26 Å². The topological polar surface area (TPSA) is 76.6 Å². The monoisotopic (exact) mass is 319 g/mol. The molecule has 24 heavy (non-hydrogen) atoms. The highest BCUT2D eigenvalue weighted by molar-refractivity contribution is 5.63. The van der Waals surface area contributed by atoms with Crippen LogP contribution in [0.2, 0.25) is 0 Å². The SMILES string of the molecule is Cc1cccc(OCCCn2nnc(C#N)c2-c2cccnc2)c1. The molecule has 0 spiro atoms. The first-order valence-electron chi connectivity index (χ1n) is 7.71. The number of aromatic nitrogens is 4. The van der Waals surface area contributed by atoms with Crippen molar-refractivity contribution in [2.45, 2.75) is 19.9 Å². The minimum Gasteiger partial charge on any atom is -0.494 e. The van der Waals surface area contributed by atoms with Crippen molar-refractivity contribution < 1.29 is 4.74 Å². The Morgan fingerprint density at radius 1 is 1.25 bits per heavy atom. The summed E-state index contributed by atoms with van der Waals surface area (Å²) in [5, 5.41) is 17.3. The predicted molar refractivity (Wildman–Crippen MR) is 89.3 cm³/mol. The van der Waals surface area contributed by atoms with Crippen LogP contribution in [0.25, 0.3) is 11.3 Å². The summed E-state index contributed by atoms with van der Waals surface area (Å²) in [5.74, 6) is 0.860. The van der Waals surface area contributed by atoms with Gasteiger partial charge in [0.1, 0.15) is 17.5 Å². The molecule has 6 heteroatoms. The zero-order valence-electron chi connectivity index (χ0n) is 13.4. The van der Waals surface area contributed by atoms with Crippen LogP contribution in [0, 0.1) is 18.3 Å². The van der Waals surface area contributed by atoms with Crippen molar-refractivity contribution in [3.05, 3.63) is 60.0 Å². The summed E-state index contributed by atoms with van der Waals surface area (Å²) in [6.07, 6.45) is 4.16. The Bertz CT molecular complexity index is 851. The van der Waals surface area contributed by atoms with E-state index in [4.69, 9.17) is 4.74 Å². The van der Waals surface area contributed by atoms with Crippen LogP contribution in [-0.2, 0) is 6.54 Å². The molecular weight excluding hydrogens is 302 g/mol. The largest absolute Gasteiger partial charge is 0.494 e. The summed E-state index contributed by atoms with van der Waals surface area (Å²) in [6, 6.07) is 13.8. The average Bonchev–Trinajstić information content (AvgIpc) is 3.02. The van der Waals surface area contributed by atoms with Crippen LogP contribution in [0.15, 0.2) is 48.8 Å². The fourth-order valence-electron chi connectivity index (χ4n) is 2.44. The Kier molecular flexibility index (Phi) is 4.82. The second-order valence-corrected chi connectivity index (χ2v) is 5.38. The lowest BCUT2D eigenvalue weighted by molar-refractivity contribution is 0.298. The minimum absolute atomic E-state index is 0.308. The minimum atomic E-state index is 0.308. The van der Waals surface area contributed by atoms with E-state index >= 15 is 0 Å². The fourth-order valence-corrected chi connectivity index (χ4v) is 2.44. The van der Waals surface area contributed by atoms with Gasteiger partial charge in [0, 0.05) is 30.9 Å². The molecule has 0 N–H and O–H groups in total. The number of hydrogen-bond donors (Lipinski definition) is 0. The molecule has 0 saturated heterocycles. The van der Waals surface area contributed by atoms with Crippen LogP contribution in [-0.4, -0.2) is 26.6 Å². The molecule has 0 aliphatic rings. The van der Waals surface area contributed by atoms with Gasteiger partial charge in [-0.1, -0.05) is 17.3 Å². The van der Waals surface area contributed by atoms with E-state index in [1.807, 2.05) is 43.3 Å². The van der Waals surface area contributed by atoms with Crippen LogP contribution in [0.5, 0.6) is 5.75 Å². The van der Waals surface area contributed by atoms with Crippen LogP contribution >= 0.6 is 0 Å². The van der Waals surface area contributed by atoms with Gasteiger partial charge in [-0.3, -0.25) is 4.98 Å². The Hall–Kier alpha value is -3.20. The predicted octanol–water partition coefficient (Wildman–Crippen LogP) is 2.99. The van der Waals surface area contributed by atoms with E-state index in [0.717, 1.165) is 17.7 Å². The third kappa shape index (κ3) is 3.58. The van der Waals surface area contributed by atoms with E-state index in [1.54, 1.807) is 17.1 Å². The number of hydrogen-bond acceptors (Lipinski definition) is 5. The lowest BCUT2D eigenvalue weighted by atomic mass is 10.1. The van der Waals surface area contributed by atoms with Crippen molar-refractivity contribution >= 4 is 0 Å². The van der Waals surface area contributed by atoms with Crippen molar-refractivity contribution in [3.63, 3.8) is 0 Å². The molecule has 6 nitrogen and oxygen atoms in total. The quantitative estimate of drug-likeness (QED) is 0.653. The number of rotatable bonds is 6. The van der Waals surface area contributed by atoms with Crippen LogP contribution < -0.4 is 4.74 Å². The maximum absolute atomic E-state index is 9.23. The number of aryl methyl sites for hydroxylation is 2. The Balaban J connectivity index is 1.66. The van der Waals surface area contributed by atoms with Crippen molar-refractivity contribution in [1.82, 2.24) is 20.0 Å². The zero-order chi connectivity index (χ0) is 16.8. The molecule has 0 amide bonds. The number of nitrogens with zero attached hydrogens (tertiary/aromatic N) is 5. The Labute approximate surface area is 140 Å². The second kappa shape index (κ2) is 7.38. The third-order valence-corrected chi connectivity index (χ3v) is 3.55. The van der Waals surface area contributed by atoms with Crippen molar-refractivity contribution in [3.8, 4) is 23.1 Å². The standard InChI is InChI=1S/C18H17N5O/c1-14-5-2-7-16(11-14)24-10-4-9-23-18(17(12-19)21-22-23)15-6-3-8-20-13-15/h2-3,5-8,11,13H,4,9-10H2,1H3. The molecule has 1 aromatic carbocycles. The summed E-state index contributed by atoms with van der Waals surface area (Å²) in [4.78, 5) is 4.10. The lowest BCUT2D eigenvalue weighted by Crippen LogP contribution is -2.07. The first-order chi connectivity index (χ1) is 11.8. The first kappa shape index (κ1) is 15.7. The maximum Gasteiger partial charge on any atom is 0.190 e. The van der Waals surface area contributed by atoms with E-state index in [0.29, 0.717) is 24.5 Å². The summed E-state index contributed by atoms with van der Waals surface area (Å²) in [7, 11) is 0. The number of ether oxygens (including phenoxy) is 1. The molecule has 3 rings (SSSR count). The van der Waals surface area contributed by atoms with Gasteiger partial charge in [0.15, 0.2) is 5.69 Å². The van der Waals surface area contributed by atoms with E-state index in [2.05, 4.69) is 21.4 Å². The first-order valence-corrected chi connectivity index (χ1v) is 7.71. The van der Waals surface area contributed by atoms with Crippen LogP contribution in [0.3, 0.4) is 0 Å². The van der Waals surface area contributed by atoms with Gasteiger partial charge in [-0.15, -0.1) is 5.10 Å². The average molecular weight is 319 g/mol. The molecule has 3 aromatic rings. The van der Waals surface area contributed by atoms with Crippen molar-refractivity contribution in [2.75, 3.05) is 6.61 Å². The number of pyridine rings is 1. The van der Waals surface area contributed by atoms with Gasteiger partial charge in [0.05, 0.1) is 6.61 Å². The van der Waals surface area contributed by atoms with E-state index in [-0.39, 0.29) is 0 Å². The molecule has 0 radical (unpaired) electrons. The smallest absolute Gasteiger partial charge is 0.190 e. The third-order valence-electron chi connectivity index (χ3n) is 3.55. The Morgan fingerprint density at radius 3 is 2.92 bits per heavy atom. The molecule has 2 heterocycles. The molecule has 120 valence electrons.